The Balaban J connectivity index is 1.44. The fourth-order valence-corrected chi connectivity index (χ4v) is 7.07. The maximum atomic E-state index is 15.1. The van der Waals surface area contributed by atoms with E-state index in [1.54, 1.807) is 24.5 Å². The standard InChI is InChI=1S/C30H31FN4O5/c1-3-30(39)19-10-23-26-17(12-35(23)28(37)18(19)13-40-29(30)38)25-21(34-27(36)15-6-8-32-9-7-15)5-4-16-14(2)20(31)11-22(33-26)24(16)25/h10-11,15,21,32,39H,3-9,12-13H2,1-2H3,(H,34,36)/t21-,30-/m1/s1. The van der Waals surface area contributed by atoms with Crippen LogP contribution in [0.25, 0.3) is 22.3 Å². The number of aryl methyl sites for hydroxylation is 1. The Labute approximate surface area is 229 Å². The zero-order valence-electron chi connectivity index (χ0n) is 22.5. The van der Waals surface area contributed by atoms with Crippen molar-refractivity contribution in [1.82, 2.24) is 20.2 Å². The molecule has 0 bridgehead atoms. The summed E-state index contributed by atoms with van der Waals surface area (Å²) < 4.78 is 21.9. The number of benzene rings is 1. The van der Waals surface area contributed by atoms with Gasteiger partial charge in [0.2, 0.25) is 5.91 Å². The quantitative estimate of drug-likeness (QED) is 0.338. The molecule has 3 aliphatic heterocycles. The molecule has 4 aliphatic rings. The first kappa shape index (κ1) is 25.3. The Morgan fingerprint density at radius 2 is 2.00 bits per heavy atom. The number of pyridine rings is 2. The smallest absolute Gasteiger partial charge is 0.343 e. The Bertz CT molecular complexity index is 1690. The number of cyclic esters (lactones) is 1. The van der Waals surface area contributed by atoms with Gasteiger partial charge in [0.25, 0.3) is 5.56 Å². The number of esters is 1. The monoisotopic (exact) mass is 546 g/mol. The summed E-state index contributed by atoms with van der Waals surface area (Å²) in [6.45, 7) is 5.05. The minimum absolute atomic E-state index is 0.0132. The van der Waals surface area contributed by atoms with Gasteiger partial charge in [-0.2, -0.15) is 0 Å². The molecule has 0 spiro atoms. The number of carbonyl (C=O) groups is 2. The Morgan fingerprint density at radius 3 is 2.75 bits per heavy atom. The SMILES string of the molecule is CC[C@]1(O)C(=O)OCc2c1cc1n(c2=O)Cc2c-1nc1cc(F)c(C)c3c1c2[C@H](NC(=O)C1CCNCC1)CC3. The van der Waals surface area contributed by atoms with Gasteiger partial charge in [-0.05, 0) is 74.9 Å². The molecule has 9 nitrogen and oxygen atoms in total. The van der Waals surface area contributed by atoms with Crippen LogP contribution in [-0.4, -0.2) is 39.6 Å². The average Bonchev–Trinajstić information content (AvgIpc) is 3.33. The number of carbonyl (C=O) groups excluding carboxylic acids is 2. The van der Waals surface area contributed by atoms with Gasteiger partial charge in [-0.15, -0.1) is 0 Å². The van der Waals surface area contributed by atoms with Gasteiger partial charge < -0.3 is 25.0 Å². The molecule has 7 rings (SSSR count). The van der Waals surface area contributed by atoms with E-state index in [9.17, 15) is 19.5 Å². The Kier molecular flexibility index (Phi) is 5.66. The third-order valence-electron chi connectivity index (χ3n) is 9.40. The van der Waals surface area contributed by atoms with E-state index in [2.05, 4.69) is 10.6 Å². The summed E-state index contributed by atoms with van der Waals surface area (Å²) in [4.78, 5) is 44.5. The fourth-order valence-electron chi connectivity index (χ4n) is 7.07. The summed E-state index contributed by atoms with van der Waals surface area (Å²) in [7, 11) is 0. The van der Waals surface area contributed by atoms with Crippen molar-refractivity contribution in [2.75, 3.05) is 13.1 Å². The van der Waals surface area contributed by atoms with E-state index in [1.807, 2.05) is 0 Å². The number of amides is 1. The number of rotatable bonds is 3. The number of fused-ring (bicyclic) bond motifs is 5. The first-order valence-electron chi connectivity index (χ1n) is 14.1. The molecule has 1 amide bonds. The molecule has 3 N–H and O–H groups in total. The van der Waals surface area contributed by atoms with E-state index in [4.69, 9.17) is 9.72 Å². The molecule has 2 atom stereocenters. The fraction of sp³-hybridized carbons (Fsp3) is 0.467. The van der Waals surface area contributed by atoms with E-state index in [1.165, 1.54) is 6.07 Å². The second-order valence-electron chi connectivity index (χ2n) is 11.4. The highest BCUT2D eigenvalue weighted by Crippen LogP contribution is 2.46. The van der Waals surface area contributed by atoms with Crippen molar-refractivity contribution in [2.24, 2.45) is 5.92 Å². The highest BCUT2D eigenvalue weighted by Gasteiger charge is 2.46. The molecule has 1 fully saturated rings. The molecule has 0 radical (unpaired) electrons. The Morgan fingerprint density at radius 1 is 1.23 bits per heavy atom. The van der Waals surface area contributed by atoms with Gasteiger partial charge in [-0.25, -0.2) is 14.2 Å². The number of hydrogen-bond acceptors (Lipinski definition) is 7. The third kappa shape index (κ3) is 3.45. The van der Waals surface area contributed by atoms with Crippen molar-refractivity contribution in [1.29, 1.82) is 0 Å². The summed E-state index contributed by atoms with van der Waals surface area (Å²) >= 11 is 0. The normalized spacial score (nSPS) is 23.4. The average molecular weight is 547 g/mol. The van der Waals surface area contributed by atoms with Crippen LogP contribution in [0.4, 0.5) is 4.39 Å². The molecular weight excluding hydrogens is 515 g/mol. The van der Waals surface area contributed by atoms with Crippen LogP contribution in [0.3, 0.4) is 0 Å². The Hall–Kier alpha value is -3.63. The summed E-state index contributed by atoms with van der Waals surface area (Å²) in [6, 6.07) is 2.78. The first-order chi connectivity index (χ1) is 19.2. The summed E-state index contributed by atoms with van der Waals surface area (Å²) in [6.07, 6.45) is 2.81. The third-order valence-corrected chi connectivity index (χ3v) is 9.40. The molecule has 5 heterocycles. The van der Waals surface area contributed by atoms with Crippen LogP contribution in [0.1, 0.15) is 72.0 Å². The predicted octanol–water partition coefficient (Wildman–Crippen LogP) is 2.63. The number of hydrogen-bond donors (Lipinski definition) is 3. The molecule has 0 saturated carbocycles. The number of nitrogens with zero attached hydrogens (tertiary/aromatic N) is 2. The molecule has 1 saturated heterocycles. The van der Waals surface area contributed by atoms with Gasteiger partial charge in [-0.3, -0.25) is 9.59 Å². The number of nitrogens with one attached hydrogen (secondary N) is 2. The van der Waals surface area contributed by atoms with Crippen molar-refractivity contribution in [3.8, 4) is 11.4 Å². The van der Waals surface area contributed by atoms with Crippen LogP contribution in [0.5, 0.6) is 0 Å². The van der Waals surface area contributed by atoms with Gasteiger partial charge in [0, 0.05) is 28.5 Å². The second-order valence-corrected chi connectivity index (χ2v) is 11.4. The molecular formula is C30H31FN4O5. The molecule has 2 aromatic heterocycles. The lowest BCUT2D eigenvalue weighted by Gasteiger charge is -2.31. The van der Waals surface area contributed by atoms with Crippen LogP contribution in [0, 0.1) is 18.7 Å². The summed E-state index contributed by atoms with van der Waals surface area (Å²) in [5.74, 6) is -1.19. The van der Waals surface area contributed by atoms with E-state index in [0.29, 0.717) is 35.3 Å². The van der Waals surface area contributed by atoms with Crippen LogP contribution in [0.2, 0.25) is 0 Å². The lowest BCUT2D eigenvalue weighted by molar-refractivity contribution is -0.172. The summed E-state index contributed by atoms with van der Waals surface area (Å²) in [5, 5.41) is 18.6. The van der Waals surface area contributed by atoms with Crippen LogP contribution < -0.4 is 16.2 Å². The zero-order chi connectivity index (χ0) is 27.9. The van der Waals surface area contributed by atoms with E-state index in [-0.39, 0.29) is 59.9 Å². The topological polar surface area (TPSA) is 123 Å². The number of piperidine rings is 1. The maximum Gasteiger partial charge on any atom is 0.343 e. The van der Waals surface area contributed by atoms with Gasteiger partial charge in [-0.1, -0.05) is 6.92 Å². The molecule has 3 aromatic rings. The number of ether oxygens (including phenoxy) is 1. The first-order valence-corrected chi connectivity index (χ1v) is 14.1. The molecule has 40 heavy (non-hydrogen) atoms. The molecule has 10 heteroatoms. The van der Waals surface area contributed by atoms with E-state index >= 15 is 4.39 Å². The molecule has 208 valence electrons. The highest BCUT2D eigenvalue weighted by molar-refractivity contribution is 5.94. The van der Waals surface area contributed by atoms with E-state index in [0.717, 1.165) is 48.0 Å². The lowest BCUT2D eigenvalue weighted by atomic mass is 9.81. The van der Waals surface area contributed by atoms with Gasteiger partial charge in [0.15, 0.2) is 5.60 Å². The van der Waals surface area contributed by atoms with E-state index < -0.39 is 11.6 Å². The number of aliphatic hydroxyl groups is 1. The molecule has 0 unspecified atom stereocenters. The van der Waals surface area contributed by atoms with Gasteiger partial charge >= 0.3 is 5.97 Å². The van der Waals surface area contributed by atoms with Gasteiger partial charge in [0.05, 0.1) is 35.1 Å². The van der Waals surface area contributed by atoms with Gasteiger partial charge in [0.1, 0.15) is 12.4 Å². The van der Waals surface area contributed by atoms with Crippen molar-refractivity contribution in [3.05, 3.63) is 61.7 Å². The second kappa shape index (κ2) is 8.94. The number of halogens is 1. The van der Waals surface area contributed by atoms with Crippen LogP contribution in [0.15, 0.2) is 16.9 Å². The zero-order valence-corrected chi connectivity index (χ0v) is 22.5. The van der Waals surface area contributed by atoms with Crippen LogP contribution >= 0.6 is 0 Å². The maximum absolute atomic E-state index is 15.1. The number of aromatic nitrogens is 2. The highest BCUT2D eigenvalue weighted by atomic mass is 19.1. The minimum Gasteiger partial charge on any atom is -0.458 e. The van der Waals surface area contributed by atoms with Crippen molar-refractivity contribution >= 4 is 22.8 Å². The largest absolute Gasteiger partial charge is 0.458 e. The lowest BCUT2D eigenvalue weighted by Crippen LogP contribution is -2.44. The van der Waals surface area contributed by atoms with Crippen molar-refractivity contribution in [2.45, 2.75) is 70.7 Å². The summed E-state index contributed by atoms with van der Waals surface area (Å²) in [5.41, 5.74) is 2.79. The van der Waals surface area contributed by atoms with Crippen LogP contribution in [-0.2, 0) is 39.5 Å². The molecule has 1 aromatic carbocycles. The van der Waals surface area contributed by atoms with Crippen molar-refractivity contribution < 1.29 is 23.8 Å². The minimum atomic E-state index is -1.93. The molecule has 1 aliphatic carbocycles. The van der Waals surface area contributed by atoms with Crippen molar-refractivity contribution in [3.63, 3.8) is 0 Å². The predicted molar refractivity (Wildman–Crippen MR) is 144 cm³/mol.